The molecule has 0 saturated heterocycles. The summed E-state index contributed by atoms with van der Waals surface area (Å²) in [6.07, 6.45) is 0. The van der Waals surface area contributed by atoms with E-state index in [0.717, 1.165) is 12.1 Å². The van der Waals surface area contributed by atoms with E-state index in [4.69, 9.17) is 23.2 Å². The second kappa shape index (κ2) is 3.89. The third-order valence-electron chi connectivity index (χ3n) is 1.43. The molecule has 0 unspecified atom stereocenters. The fraction of sp³-hybridized carbons (Fsp3) is 0.143. The summed E-state index contributed by atoms with van der Waals surface area (Å²) in [6.45, 7) is 0. The van der Waals surface area contributed by atoms with Crippen LogP contribution in [0.4, 0.5) is 10.1 Å². The Bertz CT molecular complexity index is 343. The van der Waals surface area contributed by atoms with E-state index in [-0.39, 0.29) is 11.3 Å². The van der Waals surface area contributed by atoms with E-state index in [0.29, 0.717) is 0 Å². The molecule has 0 amide bonds. The van der Waals surface area contributed by atoms with E-state index >= 15 is 0 Å². The number of hydrogen-bond donors (Lipinski definition) is 0. The van der Waals surface area contributed by atoms with Crippen molar-refractivity contribution in [3.05, 3.63) is 39.7 Å². The first-order chi connectivity index (χ1) is 6.02. The van der Waals surface area contributed by atoms with Crippen molar-refractivity contribution in [2.24, 2.45) is 0 Å². The molecule has 0 heterocycles. The van der Waals surface area contributed by atoms with E-state index in [1.165, 1.54) is 6.07 Å². The normalized spacial score (nSPS) is 10.5. The third-order valence-corrected chi connectivity index (χ3v) is 1.90. The second-order valence-electron chi connectivity index (χ2n) is 2.26. The summed E-state index contributed by atoms with van der Waals surface area (Å²) in [5, 5.41) is 10.2. The molecule has 3 nitrogen and oxygen atoms in total. The summed E-state index contributed by atoms with van der Waals surface area (Å²) in [4.78, 5) is 8.50. The standard InChI is InChI=1S/C7H4Cl2FNO2/c8-7(9)5-2-1-4(11(12)13)3-6(5)10/h1-3,7H. The van der Waals surface area contributed by atoms with Crippen LogP contribution in [0.25, 0.3) is 0 Å². The maximum Gasteiger partial charge on any atom is 0.272 e. The minimum atomic E-state index is -1.01. The number of hydrogen-bond acceptors (Lipinski definition) is 2. The number of nitrogens with zero attached hydrogens (tertiary/aromatic N) is 1. The lowest BCUT2D eigenvalue weighted by molar-refractivity contribution is -0.385. The van der Waals surface area contributed by atoms with Crippen molar-refractivity contribution in [3.8, 4) is 0 Å². The topological polar surface area (TPSA) is 43.1 Å². The molecule has 0 aliphatic heterocycles. The van der Waals surface area contributed by atoms with Gasteiger partial charge in [-0.05, 0) is 6.07 Å². The molecule has 0 bridgehead atoms. The molecule has 70 valence electrons. The first-order valence-electron chi connectivity index (χ1n) is 3.24. The van der Waals surface area contributed by atoms with Crippen LogP contribution >= 0.6 is 23.2 Å². The molecular formula is C7H4Cl2FNO2. The van der Waals surface area contributed by atoms with Crippen molar-refractivity contribution in [1.29, 1.82) is 0 Å². The van der Waals surface area contributed by atoms with Gasteiger partial charge < -0.3 is 0 Å². The Labute approximate surface area is 83.2 Å². The minimum Gasteiger partial charge on any atom is -0.258 e. The van der Waals surface area contributed by atoms with Gasteiger partial charge in [-0.3, -0.25) is 10.1 Å². The van der Waals surface area contributed by atoms with Gasteiger partial charge in [0, 0.05) is 11.6 Å². The average molecular weight is 224 g/mol. The molecule has 0 spiro atoms. The highest BCUT2D eigenvalue weighted by molar-refractivity contribution is 6.44. The van der Waals surface area contributed by atoms with Crippen LogP contribution in [0.3, 0.4) is 0 Å². The highest BCUT2D eigenvalue weighted by Gasteiger charge is 2.14. The van der Waals surface area contributed by atoms with Gasteiger partial charge in [0.25, 0.3) is 5.69 Å². The number of rotatable bonds is 2. The number of halogens is 3. The number of nitro benzene ring substituents is 1. The van der Waals surface area contributed by atoms with Crippen LogP contribution in [0.1, 0.15) is 10.4 Å². The van der Waals surface area contributed by atoms with Gasteiger partial charge in [-0.25, -0.2) is 4.39 Å². The Morgan fingerprint density at radius 1 is 1.46 bits per heavy atom. The summed E-state index contributed by atoms with van der Waals surface area (Å²) in [5.41, 5.74) is -0.288. The number of non-ortho nitro benzene ring substituents is 1. The largest absolute Gasteiger partial charge is 0.272 e. The van der Waals surface area contributed by atoms with Crippen LogP contribution < -0.4 is 0 Å². The summed E-state index contributed by atoms with van der Waals surface area (Å²) >= 11 is 10.8. The Morgan fingerprint density at radius 2 is 2.08 bits per heavy atom. The maximum absolute atomic E-state index is 13.0. The van der Waals surface area contributed by atoms with Gasteiger partial charge in [-0.1, -0.05) is 23.2 Å². The lowest BCUT2D eigenvalue weighted by Crippen LogP contribution is -1.93. The maximum atomic E-state index is 13.0. The van der Waals surface area contributed by atoms with Crippen molar-refractivity contribution in [3.63, 3.8) is 0 Å². The zero-order valence-electron chi connectivity index (χ0n) is 6.21. The second-order valence-corrected chi connectivity index (χ2v) is 3.36. The van der Waals surface area contributed by atoms with E-state index in [9.17, 15) is 14.5 Å². The van der Waals surface area contributed by atoms with Crippen molar-refractivity contribution in [2.45, 2.75) is 4.84 Å². The molecular weight excluding hydrogens is 220 g/mol. The fourth-order valence-electron chi connectivity index (χ4n) is 0.807. The molecule has 1 aromatic rings. The fourth-order valence-corrected chi connectivity index (χ4v) is 1.16. The molecule has 0 saturated carbocycles. The molecule has 0 N–H and O–H groups in total. The molecule has 0 atom stereocenters. The van der Waals surface area contributed by atoms with E-state index in [1.807, 2.05) is 0 Å². The smallest absolute Gasteiger partial charge is 0.258 e. The molecule has 0 radical (unpaired) electrons. The van der Waals surface area contributed by atoms with Gasteiger partial charge in [-0.15, -0.1) is 0 Å². The lowest BCUT2D eigenvalue weighted by Gasteiger charge is -2.01. The van der Waals surface area contributed by atoms with Gasteiger partial charge in [0.2, 0.25) is 0 Å². The van der Waals surface area contributed by atoms with Crippen LogP contribution in [-0.2, 0) is 0 Å². The monoisotopic (exact) mass is 223 g/mol. The van der Waals surface area contributed by atoms with E-state index < -0.39 is 15.6 Å². The Kier molecular flexibility index (Phi) is 3.06. The molecule has 0 aliphatic rings. The Morgan fingerprint density at radius 3 is 2.46 bits per heavy atom. The summed E-state index contributed by atoms with van der Waals surface area (Å²) in [5.74, 6) is -0.774. The van der Waals surface area contributed by atoms with Crippen LogP contribution in [0.2, 0.25) is 0 Å². The van der Waals surface area contributed by atoms with Crippen molar-refractivity contribution < 1.29 is 9.31 Å². The predicted octanol–water partition coefficient (Wildman–Crippen LogP) is 3.21. The third kappa shape index (κ3) is 2.29. The highest BCUT2D eigenvalue weighted by Crippen LogP contribution is 2.28. The van der Waals surface area contributed by atoms with Gasteiger partial charge in [0.1, 0.15) is 10.7 Å². The van der Waals surface area contributed by atoms with Gasteiger partial charge in [0.05, 0.1) is 11.0 Å². The van der Waals surface area contributed by atoms with Gasteiger partial charge in [0.15, 0.2) is 0 Å². The average Bonchev–Trinajstić information content (AvgIpc) is 2.03. The van der Waals surface area contributed by atoms with Crippen molar-refractivity contribution in [2.75, 3.05) is 0 Å². The van der Waals surface area contributed by atoms with E-state index in [1.54, 1.807) is 0 Å². The first-order valence-corrected chi connectivity index (χ1v) is 4.11. The van der Waals surface area contributed by atoms with Gasteiger partial charge in [-0.2, -0.15) is 0 Å². The zero-order valence-corrected chi connectivity index (χ0v) is 7.72. The van der Waals surface area contributed by atoms with E-state index in [2.05, 4.69) is 0 Å². The molecule has 1 aromatic carbocycles. The van der Waals surface area contributed by atoms with Crippen LogP contribution in [0, 0.1) is 15.9 Å². The summed E-state index contributed by atoms with van der Waals surface area (Å²) in [7, 11) is 0. The molecule has 0 aliphatic carbocycles. The van der Waals surface area contributed by atoms with Crippen molar-refractivity contribution in [1.82, 2.24) is 0 Å². The first kappa shape index (κ1) is 10.2. The van der Waals surface area contributed by atoms with Crippen LogP contribution in [0.15, 0.2) is 18.2 Å². The Hall–Kier alpha value is -0.870. The van der Waals surface area contributed by atoms with Crippen molar-refractivity contribution >= 4 is 28.9 Å². The number of benzene rings is 1. The SMILES string of the molecule is O=[N+]([O-])c1ccc(C(Cl)Cl)c(F)c1. The summed E-state index contributed by atoms with van der Waals surface area (Å²) in [6, 6.07) is 3.13. The zero-order chi connectivity index (χ0) is 10.0. The van der Waals surface area contributed by atoms with Gasteiger partial charge >= 0.3 is 0 Å². The predicted molar refractivity (Wildman–Crippen MR) is 47.5 cm³/mol. The number of nitro groups is 1. The molecule has 1 rings (SSSR count). The molecule has 6 heteroatoms. The minimum absolute atomic E-state index is 0.0360. The lowest BCUT2D eigenvalue weighted by atomic mass is 10.2. The van der Waals surface area contributed by atoms with Crippen LogP contribution in [0.5, 0.6) is 0 Å². The Balaban J connectivity index is 3.13. The molecule has 0 fully saturated rings. The number of alkyl halides is 2. The van der Waals surface area contributed by atoms with Crippen LogP contribution in [-0.4, -0.2) is 4.92 Å². The summed E-state index contributed by atoms with van der Waals surface area (Å²) < 4.78 is 13.0. The highest BCUT2D eigenvalue weighted by atomic mass is 35.5. The quantitative estimate of drug-likeness (QED) is 0.439. The molecule has 0 aromatic heterocycles. The molecule has 13 heavy (non-hydrogen) atoms.